The quantitative estimate of drug-likeness (QED) is 0.636. The van der Waals surface area contributed by atoms with E-state index in [1.807, 2.05) is 12.1 Å². The zero-order valence-electron chi connectivity index (χ0n) is 19.1. The van der Waals surface area contributed by atoms with E-state index in [2.05, 4.69) is 16.0 Å². The van der Waals surface area contributed by atoms with Gasteiger partial charge in [0.05, 0.1) is 32.4 Å². The Kier molecular flexibility index (Phi) is 7.64. The van der Waals surface area contributed by atoms with Crippen LogP contribution in [0, 0.1) is 0 Å². The fraction of sp³-hybridized carbons (Fsp3) is 0.400. The van der Waals surface area contributed by atoms with Crippen molar-refractivity contribution in [2.24, 2.45) is 0 Å². The summed E-state index contributed by atoms with van der Waals surface area (Å²) in [6, 6.07) is 9.82. The molecule has 2 aliphatic rings. The lowest BCUT2D eigenvalue weighted by molar-refractivity contribution is -0.123. The number of hydrogen-bond acceptors (Lipinski definition) is 6. The largest absolute Gasteiger partial charge is 0.497 e. The normalized spacial score (nSPS) is 18.9. The van der Waals surface area contributed by atoms with Crippen LogP contribution in [0.1, 0.15) is 51.1 Å². The van der Waals surface area contributed by atoms with Gasteiger partial charge in [0.15, 0.2) is 0 Å². The maximum atomic E-state index is 13.0. The molecule has 1 atom stereocenters. The van der Waals surface area contributed by atoms with Crippen molar-refractivity contribution in [2.75, 3.05) is 26.8 Å². The predicted molar refractivity (Wildman–Crippen MR) is 124 cm³/mol. The standard InChI is InChI=1S/C25H29N3O6/c1-32-17-8-9-19-22(13-17)34-12-11-27-25(31)21(7-2-3-10-26-23(19)29)28-24(30)18-6-4-5-16-14-33-15-20(16)18/h4-6,8-9,13,21H,2-3,7,10-12,14-15H2,1H3,(H,26,29)(H,27,31)(H,28,30)/t21-/m0/s1. The van der Waals surface area contributed by atoms with E-state index in [-0.39, 0.29) is 30.9 Å². The summed E-state index contributed by atoms with van der Waals surface area (Å²) in [5.41, 5.74) is 2.80. The first-order chi connectivity index (χ1) is 16.6. The third-order valence-corrected chi connectivity index (χ3v) is 5.94. The van der Waals surface area contributed by atoms with Crippen molar-refractivity contribution in [3.05, 3.63) is 58.7 Å². The van der Waals surface area contributed by atoms with Crippen LogP contribution in [0.5, 0.6) is 11.5 Å². The molecule has 4 rings (SSSR count). The molecule has 2 heterocycles. The van der Waals surface area contributed by atoms with E-state index < -0.39 is 6.04 Å². The molecule has 2 aromatic carbocycles. The van der Waals surface area contributed by atoms with Gasteiger partial charge in [0.1, 0.15) is 24.1 Å². The summed E-state index contributed by atoms with van der Waals surface area (Å²) in [6.07, 6.45) is 1.76. The molecule has 0 saturated carbocycles. The van der Waals surface area contributed by atoms with Crippen molar-refractivity contribution < 1.29 is 28.6 Å². The van der Waals surface area contributed by atoms with Crippen LogP contribution in [-0.2, 0) is 22.7 Å². The number of benzene rings is 2. The van der Waals surface area contributed by atoms with E-state index in [1.54, 1.807) is 24.3 Å². The Morgan fingerprint density at radius 2 is 1.97 bits per heavy atom. The van der Waals surface area contributed by atoms with Crippen LogP contribution < -0.4 is 25.4 Å². The molecule has 2 aliphatic heterocycles. The van der Waals surface area contributed by atoms with Gasteiger partial charge in [-0.25, -0.2) is 0 Å². The summed E-state index contributed by atoms with van der Waals surface area (Å²) in [5, 5.41) is 8.60. The second-order valence-corrected chi connectivity index (χ2v) is 8.22. The van der Waals surface area contributed by atoms with E-state index in [0.717, 1.165) is 11.1 Å². The number of ether oxygens (including phenoxy) is 3. The summed E-state index contributed by atoms with van der Waals surface area (Å²) in [6.45, 7) is 1.69. The first-order valence-corrected chi connectivity index (χ1v) is 11.4. The molecule has 0 spiro atoms. The average Bonchev–Trinajstić information content (AvgIpc) is 3.33. The van der Waals surface area contributed by atoms with Gasteiger partial charge in [-0.2, -0.15) is 0 Å². The SMILES string of the molecule is COc1ccc2c(c1)OCCNC(=O)[C@@H](NC(=O)c1cccc3c1COC3)CCCCNC2=O. The first-order valence-electron chi connectivity index (χ1n) is 11.4. The molecule has 0 bridgehead atoms. The van der Waals surface area contributed by atoms with Crippen LogP contribution in [-0.4, -0.2) is 50.6 Å². The second kappa shape index (κ2) is 11.0. The lowest BCUT2D eigenvalue weighted by atomic mass is 10.0. The van der Waals surface area contributed by atoms with E-state index in [4.69, 9.17) is 14.2 Å². The maximum Gasteiger partial charge on any atom is 0.255 e. The molecular formula is C25H29N3O6. The molecule has 0 fully saturated rings. The number of amides is 3. The van der Waals surface area contributed by atoms with Gasteiger partial charge in [-0.15, -0.1) is 0 Å². The Morgan fingerprint density at radius 1 is 1.09 bits per heavy atom. The summed E-state index contributed by atoms with van der Waals surface area (Å²) in [7, 11) is 1.54. The van der Waals surface area contributed by atoms with Crippen LogP contribution in [0.4, 0.5) is 0 Å². The highest BCUT2D eigenvalue weighted by Crippen LogP contribution is 2.25. The van der Waals surface area contributed by atoms with Gasteiger partial charge < -0.3 is 30.2 Å². The van der Waals surface area contributed by atoms with Gasteiger partial charge in [0.2, 0.25) is 5.91 Å². The highest BCUT2D eigenvalue weighted by Gasteiger charge is 2.25. The molecule has 9 heteroatoms. The fourth-order valence-electron chi connectivity index (χ4n) is 4.09. The Morgan fingerprint density at radius 3 is 2.82 bits per heavy atom. The highest BCUT2D eigenvalue weighted by molar-refractivity contribution is 5.99. The minimum Gasteiger partial charge on any atom is -0.497 e. The molecule has 0 aliphatic carbocycles. The van der Waals surface area contributed by atoms with Crippen molar-refractivity contribution in [3.8, 4) is 11.5 Å². The minimum absolute atomic E-state index is 0.156. The van der Waals surface area contributed by atoms with E-state index in [0.29, 0.717) is 61.6 Å². The zero-order valence-corrected chi connectivity index (χ0v) is 19.1. The molecule has 0 aromatic heterocycles. The topological polar surface area (TPSA) is 115 Å². The van der Waals surface area contributed by atoms with Crippen LogP contribution in [0.15, 0.2) is 36.4 Å². The molecule has 3 amide bonds. The predicted octanol–water partition coefficient (Wildman–Crippen LogP) is 1.93. The molecule has 0 radical (unpaired) electrons. The fourth-order valence-corrected chi connectivity index (χ4v) is 4.09. The summed E-state index contributed by atoms with van der Waals surface area (Å²) in [5.74, 6) is 0.149. The number of fused-ring (bicyclic) bond motifs is 2. The molecular weight excluding hydrogens is 438 g/mol. The Bertz CT molecular complexity index is 1070. The molecule has 34 heavy (non-hydrogen) atoms. The van der Waals surface area contributed by atoms with Crippen LogP contribution in [0.25, 0.3) is 0 Å². The number of hydrogen-bond donors (Lipinski definition) is 3. The Hall–Kier alpha value is -3.59. The second-order valence-electron chi connectivity index (χ2n) is 8.22. The smallest absolute Gasteiger partial charge is 0.255 e. The van der Waals surface area contributed by atoms with Crippen molar-refractivity contribution in [2.45, 2.75) is 38.5 Å². The van der Waals surface area contributed by atoms with Crippen LogP contribution >= 0.6 is 0 Å². The molecule has 2 aromatic rings. The van der Waals surface area contributed by atoms with Crippen molar-refractivity contribution in [1.82, 2.24) is 16.0 Å². The van der Waals surface area contributed by atoms with Gasteiger partial charge in [0, 0.05) is 18.2 Å². The molecule has 3 N–H and O–H groups in total. The Balaban J connectivity index is 1.44. The maximum absolute atomic E-state index is 13.0. The number of nitrogens with one attached hydrogen (secondary N) is 3. The van der Waals surface area contributed by atoms with E-state index in [9.17, 15) is 14.4 Å². The molecule has 9 nitrogen and oxygen atoms in total. The monoisotopic (exact) mass is 467 g/mol. The summed E-state index contributed by atoms with van der Waals surface area (Å²) >= 11 is 0. The zero-order chi connectivity index (χ0) is 23.9. The van der Waals surface area contributed by atoms with Gasteiger partial charge in [-0.1, -0.05) is 12.1 Å². The van der Waals surface area contributed by atoms with E-state index in [1.165, 1.54) is 7.11 Å². The Labute approximate surface area is 198 Å². The van der Waals surface area contributed by atoms with Crippen LogP contribution in [0.2, 0.25) is 0 Å². The summed E-state index contributed by atoms with van der Waals surface area (Å²) in [4.78, 5) is 38.5. The van der Waals surface area contributed by atoms with Gasteiger partial charge >= 0.3 is 0 Å². The number of carbonyl (C=O) groups excluding carboxylic acids is 3. The number of methoxy groups -OCH3 is 1. The first kappa shape index (κ1) is 23.6. The lowest BCUT2D eigenvalue weighted by Gasteiger charge is -2.20. The van der Waals surface area contributed by atoms with Gasteiger partial charge in [-0.3, -0.25) is 14.4 Å². The molecule has 0 unspecified atom stereocenters. The molecule has 0 saturated heterocycles. The molecule has 180 valence electrons. The lowest BCUT2D eigenvalue weighted by Crippen LogP contribution is -2.47. The number of carbonyl (C=O) groups is 3. The van der Waals surface area contributed by atoms with Crippen molar-refractivity contribution >= 4 is 17.7 Å². The summed E-state index contributed by atoms with van der Waals surface area (Å²) < 4.78 is 16.5. The number of rotatable bonds is 3. The third kappa shape index (κ3) is 5.48. The third-order valence-electron chi connectivity index (χ3n) is 5.94. The van der Waals surface area contributed by atoms with E-state index >= 15 is 0 Å². The average molecular weight is 468 g/mol. The van der Waals surface area contributed by atoms with Crippen molar-refractivity contribution in [1.29, 1.82) is 0 Å². The van der Waals surface area contributed by atoms with Gasteiger partial charge in [-0.05, 0) is 48.6 Å². The highest BCUT2D eigenvalue weighted by atomic mass is 16.5. The minimum atomic E-state index is -0.698. The van der Waals surface area contributed by atoms with Crippen LogP contribution in [0.3, 0.4) is 0 Å². The van der Waals surface area contributed by atoms with Gasteiger partial charge in [0.25, 0.3) is 11.8 Å². The van der Waals surface area contributed by atoms with Crippen molar-refractivity contribution in [3.63, 3.8) is 0 Å².